The number of hydrogen-bond acceptors (Lipinski definition) is 6. The molecule has 2 aromatic heterocycles. The standard InChI is InChI=1S/C12H14FN5O2S/c1-12(3-2-4-21(12,19)20)11-16-7-18(17-11)10-9(13)5-8(14)6-15-10/h5-7H,2-4,14H2,1H3. The summed E-state index contributed by atoms with van der Waals surface area (Å²) in [4.78, 5) is 7.90. The normalized spacial score (nSPS) is 24.3. The SMILES string of the molecule is CC1(c2ncn(-c3ncc(N)cc3F)n2)CCCS1(=O)=O. The van der Waals surface area contributed by atoms with Crippen molar-refractivity contribution in [2.75, 3.05) is 11.5 Å². The summed E-state index contributed by atoms with van der Waals surface area (Å²) in [6.45, 7) is 1.60. The van der Waals surface area contributed by atoms with Crippen LogP contribution < -0.4 is 5.73 Å². The topological polar surface area (TPSA) is 104 Å². The van der Waals surface area contributed by atoms with Gasteiger partial charge in [0.15, 0.2) is 27.3 Å². The van der Waals surface area contributed by atoms with E-state index in [1.165, 1.54) is 12.5 Å². The highest BCUT2D eigenvalue weighted by Crippen LogP contribution is 2.39. The van der Waals surface area contributed by atoms with Gasteiger partial charge in [0.25, 0.3) is 0 Å². The van der Waals surface area contributed by atoms with E-state index >= 15 is 0 Å². The molecule has 1 aliphatic rings. The number of halogens is 1. The number of hydrogen-bond donors (Lipinski definition) is 1. The smallest absolute Gasteiger partial charge is 0.191 e. The quantitative estimate of drug-likeness (QED) is 0.880. The van der Waals surface area contributed by atoms with Crippen molar-refractivity contribution in [2.45, 2.75) is 24.5 Å². The third-order valence-electron chi connectivity index (χ3n) is 3.78. The van der Waals surface area contributed by atoms with Crippen molar-refractivity contribution in [3.8, 4) is 5.82 Å². The fourth-order valence-electron chi connectivity index (χ4n) is 2.45. The molecule has 1 unspecified atom stereocenters. The lowest BCUT2D eigenvalue weighted by Crippen LogP contribution is -2.29. The van der Waals surface area contributed by atoms with E-state index in [9.17, 15) is 12.8 Å². The predicted molar refractivity (Wildman–Crippen MR) is 73.9 cm³/mol. The zero-order valence-corrected chi connectivity index (χ0v) is 12.1. The van der Waals surface area contributed by atoms with Crippen molar-refractivity contribution in [1.82, 2.24) is 19.7 Å². The van der Waals surface area contributed by atoms with E-state index < -0.39 is 20.4 Å². The van der Waals surface area contributed by atoms with Gasteiger partial charge in [-0.15, -0.1) is 5.10 Å². The second-order valence-electron chi connectivity index (χ2n) is 5.24. The van der Waals surface area contributed by atoms with Gasteiger partial charge in [0.1, 0.15) is 11.1 Å². The fourth-order valence-corrected chi connectivity index (χ4v) is 4.25. The first-order chi connectivity index (χ1) is 9.83. The highest BCUT2D eigenvalue weighted by molar-refractivity contribution is 7.92. The molecular weight excluding hydrogens is 297 g/mol. The average Bonchev–Trinajstić information content (AvgIpc) is 2.96. The van der Waals surface area contributed by atoms with Crippen LogP contribution in [0.25, 0.3) is 5.82 Å². The first kappa shape index (κ1) is 13.9. The number of nitrogens with two attached hydrogens (primary N) is 1. The number of nitrogens with zero attached hydrogens (tertiary/aromatic N) is 4. The van der Waals surface area contributed by atoms with Gasteiger partial charge >= 0.3 is 0 Å². The number of anilines is 1. The van der Waals surface area contributed by atoms with Gasteiger partial charge in [-0.2, -0.15) is 4.68 Å². The Kier molecular flexibility index (Phi) is 2.97. The van der Waals surface area contributed by atoms with Crippen LogP contribution in [0.15, 0.2) is 18.6 Å². The molecule has 0 saturated carbocycles. The van der Waals surface area contributed by atoms with Crippen molar-refractivity contribution in [3.63, 3.8) is 0 Å². The second-order valence-corrected chi connectivity index (χ2v) is 7.78. The Morgan fingerprint density at radius 3 is 2.81 bits per heavy atom. The predicted octanol–water partition coefficient (Wildman–Crippen LogP) is 0.807. The minimum Gasteiger partial charge on any atom is -0.397 e. The summed E-state index contributed by atoms with van der Waals surface area (Å²) in [7, 11) is -3.30. The van der Waals surface area contributed by atoms with Crippen LogP contribution in [-0.2, 0) is 14.6 Å². The zero-order valence-electron chi connectivity index (χ0n) is 11.3. The van der Waals surface area contributed by atoms with Gasteiger partial charge in [0.05, 0.1) is 17.6 Å². The first-order valence-corrected chi connectivity index (χ1v) is 8.04. The van der Waals surface area contributed by atoms with Crippen molar-refractivity contribution in [2.24, 2.45) is 0 Å². The molecule has 3 heterocycles. The molecule has 1 aliphatic heterocycles. The molecule has 9 heteroatoms. The molecule has 2 aromatic rings. The van der Waals surface area contributed by atoms with Crippen LogP contribution >= 0.6 is 0 Å². The summed E-state index contributed by atoms with van der Waals surface area (Å²) in [5, 5.41) is 4.10. The molecule has 2 N–H and O–H groups in total. The highest BCUT2D eigenvalue weighted by Gasteiger charge is 2.48. The maximum atomic E-state index is 13.8. The lowest BCUT2D eigenvalue weighted by atomic mass is 10.1. The number of aromatic nitrogens is 4. The number of pyridine rings is 1. The molecule has 0 bridgehead atoms. The van der Waals surface area contributed by atoms with Crippen LogP contribution in [-0.4, -0.2) is 33.9 Å². The van der Waals surface area contributed by atoms with Crippen molar-refractivity contribution in [1.29, 1.82) is 0 Å². The molecule has 21 heavy (non-hydrogen) atoms. The minimum atomic E-state index is -3.30. The van der Waals surface area contributed by atoms with E-state index in [2.05, 4.69) is 15.1 Å². The maximum absolute atomic E-state index is 13.8. The summed E-state index contributed by atoms with van der Waals surface area (Å²) in [6, 6.07) is 1.12. The monoisotopic (exact) mass is 311 g/mol. The van der Waals surface area contributed by atoms with Gasteiger partial charge in [0, 0.05) is 6.07 Å². The number of nitrogen functional groups attached to an aromatic ring is 1. The van der Waals surface area contributed by atoms with E-state index in [0.29, 0.717) is 12.8 Å². The van der Waals surface area contributed by atoms with Crippen LogP contribution in [0.3, 0.4) is 0 Å². The average molecular weight is 311 g/mol. The van der Waals surface area contributed by atoms with Gasteiger partial charge < -0.3 is 5.73 Å². The van der Waals surface area contributed by atoms with Gasteiger partial charge in [-0.05, 0) is 19.8 Å². The van der Waals surface area contributed by atoms with Crippen molar-refractivity contribution in [3.05, 3.63) is 30.2 Å². The van der Waals surface area contributed by atoms with Crippen LogP contribution in [0.5, 0.6) is 0 Å². The first-order valence-electron chi connectivity index (χ1n) is 6.39. The third kappa shape index (κ3) is 2.08. The molecule has 0 radical (unpaired) electrons. The number of rotatable bonds is 2. The van der Waals surface area contributed by atoms with Gasteiger partial charge in [-0.3, -0.25) is 0 Å². The van der Waals surface area contributed by atoms with E-state index in [0.717, 1.165) is 10.7 Å². The van der Waals surface area contributed by atoms with Crippen LogP contribution in [0, 0.1) is 5.82 Å². The Morgan fingerprint density at radius 2 is 2.19 bits per heavy atom. The molecule has 3 rings (SSSR count). The fraction of sp³-hybridized carbons (Fsp3) is 0.417. The zero-order chi connectivity index (χ0) is 15.3. The Hall–Kier alpha value is -2.03. The molecular formula is C12H14FN5O2S. The minimum absolute atomic E-state index is 0.0676. The Bertz CT molecular complexity index is 804. The van der Waals surface area contributed by atoms with Crippen molar-refractivity contribution < 1.29 is 12.8 Å². The van der Waals surface area contributed by atoms with Gasteiger partial charge in [-0.25, -0.2) is 22.8 Å². The molecule has 0 spiro atoms. The molecule has 1 saturated heterocycles. The van der Waals surface area contributed by atoms with Crippen LogP contribution in [0.2, 0.25) is 0 Å². The lowest BCUT2D eigenvalue weighted by Gasteiger charge is -2.18. The lowest BCUT2D eigenvalue weighted by molar-refractivity contribution is 0.530. The van der Waals surface area contributed by atoms with Crippen LogP contribution in [0.1, 0.15) is 25.6 Å². The number of sulfone groups is 1. The van der Waals surface area contributed by atoms with Crippen molar-refractivity contribution >= 4 is 15.5 Å². The molecule has 0 aromatic carbocycles. The van der Waals surface area contributed by atoms with Gasteiger partial charge in [-0.1, -0.05) is 0 Å². The van der Waals surface area contributed by atoms with E-state index in [1.54, 1.807) is 6.92 Å². The Morgan fingerprint density at radius 1 is 1.43 bits per heavy atom. The molecule has 112 valence electrons. The Labute approximate surface area is 120 Å². The summed E-state index contributed by atoms with van der Waals surface area (Å²) >= 11 is 0. The summed E-state index contributed by atoms with van der Waals surface area (Å²) in [6.07, 6.45) is 3.59. The molecule has 1 atom stereocenters. The van der Waals surface area contributed by atoms with E-state index in [1.807, 2.05) is 0 Å². The molecule has 0 aliphatic carbocycles. The largest absolute Gasteiger partial charge is 0.397 e. The summed E-state index contributed by atoms with van der Waals surface area (Å²) < 4.78 is 38.1. The summed E-state index contributed by atoms with van der Waals surface area (Å²) in [5.74, 6) is -0.433. The van der Waals surface area contributed by atoms with E-state index in [4.69, 9.17) is 5.73 Å². The maximum Gasteiger partial charge on any atom is 0.191 e. The van der Waals surface area contributed by atoms with E-state index in [-0.39, 0.29) is 23.1 Å². The Balaban J connectivity index is 2.05. The van der Waals surface area contributed by atoms with Crippen LogP contribution in [0.4, 0.5) is 10.1 Å². The molecule has 1 fully saturated rings. The summed E-state index contributed by atoms with van der Waals surface area (Å²) in [5.41, 5.74) is 5.64. The molecule has 0 amide bonds. The second kappa shape index (κ2) is 4.48. The van der Waals surface area contributed by atoms with Gasteiger partial charge in [0.2, 0.25) is 0 Å². The highest BCUT2D eigenvalue weighted by atomic mass is 32.2. The third-order valence-corrected chi connectivity index (χ3v) is 6.36. The molecule has 7 nitrogen and oxygen atoms in total.